The van der Waals surface area contributed by atoms with Crippen molar-refractivity contribution in [2.75, 3.05) is 27.2 Å². The van der Waals surface area contributed by atoms with Crippen LogP contribution in [-0.4, -0.2) is 61.8 Å². The van der Waals surface area contributed by atoms with Crippen molar-refractivity contribution in [2.24, 2.45) is 5.16 Å². The van der Waals surface area contributed by atoms with Crippen LogP contribution in [0.25, 0.3) is 0 Å². The first-order chi connectivity index (χ1) is 11.9. The highest BCUT2D eigenvalue weighted by molar-refractivity contribution is 6.04. The van der Waals surface area contributed by atoms with Gasteiger partial charge in [0.25, 0.3) is 5.91 Å². The number of likely N-dealkylation sites (N-methyl/N-ethyl adjacent to an activating group) is 1. The zero-order chi connectivity index (χ0) is 18.4. The lowest BCUT2D eigenvalue weighted by molar-refractivity contribution is -0.135. The molecule has 1 heterocycles. The molecule has 136 valence electrons. The molecule has 1 aliphatic heterocycles. The van der Waals surface area contributed by atoms with Gasteiger partial charge in [-0.1, -0.05) is 17.3 Å². The summed E-state index contributed by atoms with van der Waals surface area (Å²) in [5, 5.41) is 9.25. The molecule has 0 aromatic heterocycles. The Kier molecular flexibility index (Phi) is 6.46. The zero-order valence-electron chi connectivity index (χ0n) is 14.6. The Hall–Kier alpha value is -2.48. The van der Waals surface area contributed by atoms with E-state index in [1.165, 1.54) is 12.1 Å². The fraction of sp³-hybridized carbons (Fsp3) is 0.471. The third-order valence-corrected chi connectivity index (χ3v) is 3.75. The highest BCUT2D eigenvalue weighted by atomic mass is 19.1. The number of hydrogen-bond donors (Lipinski definition) is 2. The molecule has 0 aliphatic carbocycles. The average Bonchev–Trinajstić information content (AvgIpc) is 3.05. The van der Waals surface area contributed by atoms with Crippen LogP contribution < -0.4 is 10.6 Å². The number of oxime groups is 1. The molecule has 0 saturated carbocycles. The minimum atomic E-state index is -0.794. The summed E-state index contributed by atoms with van der Waals surface area (Å²) in [4.78, 5) is 31.3. The molecule has 1 aliphatic rings. The SMILES string of the molecule is C[C@H](NC(=O)[C@@H]1CC(c2ccc(F)cc2)=NO1)C(=O)NCCN(C)C. The number of amides is 2. The summed E-state index contributed by atoms with van der Waals surface area (Å²) in [6, 6.07) is 5.14. The molecular weight excluding hydrogens is 327 g/mol. The molecule has 1 aromatic rings. The number of nitrogens with one attached hydrogen (secondary N) is 2. The second kappa shape index (κ2) is 8.57. The van der Waals surface area contributed by atoms with Gasteiger partial charge in [-0.3, -0.25) is 9.59 Å². The Morgan fingerprint density at radius 1 is 1.36 bits per heavy atom. The summed E-state index contributed by atoms with van der Waals surface area (Å²) in [5.74, 6) is -1.00. The molecule has 2 rings (SSSR count). The predicted octanol–water partition coefficient (Wildman–Crippen LogP) is 0.501. The molecule has 2 N–H and O–H groups in total. The molecule has 0 radical (unpaired) electrons. The highest BCUT2D eigenvalue weighted by Crippen LogP contribution is 2.17. The summed E-state index contributed by atoms with van der Waals surface area (Å²) < 4.78 is 13.0. The van der Waals surface area contributed by atoms with Gasteiger partial charge in [0.1, 0.15) is 11.9 Å². The number of carbonyl (C=O) groups is 2. The van der Waals surface area contributed by atoms with Gasteiger partial charge in [-0.2, -0.15) is 0 Å². The van der Waals surface area contributed by atoms with Gasteiger partial charge in [-0.15, -0.1) is 0 Å². The first kappa shape index (κ1) is 18.9. The zero-order valence-corrected chi connectivity index (χ0v) is 14.6. The summed E-state index contributed by atoms with van der Waals surface area (Å²) in [7, 11) is 3.82. The molecular formula is C17H23FN4O3. The molecule has 1 aromatic carbocycles. The Labute approximate surface area is 146 Å². The normalized spacial score (nSPS) is 17.6. The van der Waals surface area contributed by atoms with Crippen LogP contribution in [0.5, 0.6) is 0 Å². The lowest BCUT2D eigenvalue weighted by atomic mass is 10.0. The fourth-order valence-electron chi connectivity index (χ4n) is 2.26. The van der Waals surface area contributed by atoms with E-state index in [-0.39, 0.29) is 18.1 Å². The molecule has 0 saturated heterocycles. The largest absolute Gasteiger partial charge is 0.382 e. The summed E-state index contributed by atoms with van der Waals surface area (Å²) in [5.41, 5.74) is 1.27. The number of carbonyl (C=O) groups excluding carboxylic acids is 2. The second-order valence-corrected chi connectivity index (χ2v) is 6.17. The van der Waals surface area contributed by atoms with Gasteiger partial charge in [0, 0.05) is 19.5 Å². The summed E-state index contributed by atoms with van der Waals surface area (Å²) >= 11 is 0. The Morgan fingerprint density at radius 3 is 2.68 bits per heavy atom. The average molecular weight is 350 g/mol. The molecule has 25 heavy (non-hydrogen) atoms. The van der Waals surface area contributed by atoms with Gasteiger partial charge >= 0.3 is 0 Å². The number of hydrogen-bond acceptors (Lipinski definition) is 5. The van der Waals surface area contributed by atoms with Crippen molar-refractivity contribution >= 4 is 17.5 Å². The van der Waals surface area contributed by atoms with Gasteiger partial charge < -0.3 is 20.4 Å². The van der Waals surface area contributed by atoms with Gasteiger partial charge in [0.05, 0.1) is 5.71 Å². The number of halogens is 1. The lowest BCUT2D eigenvalue weighted by Crippen LogP contribution is -2.49. The van der Waals surface area contributed by atoms with Crippen molar-refractivity contribution < 1.29 is 18.8 Å². The Balaban J connectivity index is 1.80. The van der Waals surface area contributed by atoms with E-state index in [2.05, 4.69) is 15.8 Å². The van der Waals surface area contributed by atoms with Gasteiger partial charge in [-0.25, -0.2) is 4.39 Å². The van der Waals surface area contributed by atoms with Crippen molar-refractivity contribution in [1.82, 2.24) is 15.5 Å². The van der Waals surface area contributed by atoms with Crippen molar-refractivity contribution in [2.45, 2.75) is 25.5 Å². The van der Waals surface area contributed by atoms with Gasteiger partial charge in [0.15, 0.2) is 0 Å². The molecule has 7 nitrogen and oxygen atoms in total. The maximum Gasteiger partial charge on any atom is 0.264 e. The molecule has 2 amide bonds. The van der Waals surface area contributed by atoms with E-state index < -0.39 is 18.1 Å². The smallest absolute Gasteiger partial charge is 0.264 e. The minimum absolute atomic E-state index is 0.257. The van der Waals surface area contributed by atoms with Crippen LogP contribution in [0.4, 0.5) is 4.39 Å². The third kappa shape index (κ3) is 5.53. The maximum atomic E-state index is 13.0. The van der Waals surface area contributed by atoms with E-state index >= 15 is 0 Å². The van der Waals surface area contributed by atoms with E-state index in [0.29, 0.717) is 24.4 Å². The van der Waals surface area contributed by atoms with Crippen LogP contribution in [0.3, 0.4) is 0 Å². The topological polar surface area (TPSA) is 83.0 Å². The molecule has 8 heteroatoms. The van der Waals surface area contributed by atoms with E-state index in [9.17, 15) is 14.0 Å². The first-order valence-corrected chi connectivity index (χ1v) is 8.08. The fourth-order valence-corrected chi connectivity index (χ4v) is 2.26. The monoisotopic (exact) mass is 350 g/mol. The van der Waals surface area contributed by atoms with Crippen LogP contribution in [0.15, 0.2) is 29.4 Å². The highest BCUT2D eigenvalue weighted by Gasteiger charge is 2.30. The number of benzene rings is 1. The van der Waals surface area contributed by atoms with Crippen molar-refractivity contribution in [3.05, 3.63) is 35.6 Å². The van der Waals surface area contributed by atoms with Crippen molar-refractivity contribution in [3.63, 3.8) is 0 Å². The van der Waals surface area contributed by atoms with Crippen LogP contribution >= 0.6 is 0 Å². The Morgan fingerprint density at radius 2 is 2.04 bits per heavy atom. The van der Waals surface area contributed by atoms with Crippen LogP contribution in [0.2, 0.25) is 0 Å². The number of rotatable bonds is 7. The van der Waals surface area contributed by atoms with Crippen molar-refractivity contribution in [1.29, 1.82) is 0 Å². The molecule has 0 spiro atoms. The standard InChI is InChI=1S/C17H23FN4O3/c1-11(16(23)19-8-9-22(2)3)20-17(24)15-10-14(21-25-15)12-4-6-13(18)7-5-12/h4-7,11,15H,8-10H2,1-3H3,(H,19,23)(H,20,24)/t11-,15-/m0/s1. The van der Waals surface area contributed by atoms with Crippen LogP contribution in [-0.2, 0) is 14.4 Å². The van der Waals surface area contributed by atoms with E-state index in [1.807, 2.05) is 19.0 Å². The van der Waals surface area contributed by atoms with E-state index in [0.717, 1.165) is 0 Å². The van der Waals surface area contributed by atoms with Gasteiger partial charge in [-0.05, 0) is 38.7 Å². The third-order valence-electron chi connectivity index (χ3n) is 3.75. The molecule has 0 fully saturated rings. The quantitative estimate of drug-likeness (QED) is 0.750. The number of nitrogens with zero attached hydrogens (tertiary/aromatic N) is 2. The van der Waals surface area contributed by atoms with Crippen LogP contribution in [0.1, 0.15) is 18.9 Å². The molecule has 0 unspecified atom stereocenters. The molecule has 2 atom stereocenters. The summed E-state index contributed by atoms with van der Waals surface area (Å²) in [6.45, 7) is 2.83. The first-order valence-electron chi connectivity index (χ1n) is 8.08. The second-order valence-electron chi connectivity index (χ2n) is 6.17. The minimum Gasteiger partial charge on any atom is -0.382 e. The van der Waals surface area contributed by atoms with Gasteiger partial charge in [0.2, 0.25) is 12.0 Å². The lowest BCUT2D eigenvalue weighted by Gasteiger charge is -2.17. The predicted molar refractivity (Wildman–Crippen MR) is 91.6 cm³/mol. The summed E-state index contributed by atoms with van der Waals surface area (Å²) in [6.07, 6.45) is -0.524. The molecule has 0 bridgehead atoms. The van der Waals surface area contributed by atoms with Crippen LogP contribution in [0, 0.1) is 5.82 Å². The van der Waals surface area contributed by atoms with E-state index in [1.54, 1.807) is 19.1 Å². The Bertz CT molecular complexity index is 646. The maximum absolute atomic E-state index is 13.0. The van der Waals surface area contributed by atoms with Crippen molar-refractivity contribution in [3.8, 4) is 0 Å². The van der Waals surface area contributed by atoms with E-state index in [4.69, 9.17) is 4.84 Å².